The fourth-order valence-corrected chi connectivity index (χ4v) is 0. The molecule has 3 nitrogen and oxygen atoms in total. The second-order valence-electron chi connectivity index (χ2n) is 0. The van der Waals surface area contributed by atoms with Crippen LogP contribution in [-0.2, 0) is 37.1 Å². The molecule has 6 heavy (non-hydrogen) atoms. The third-order valence-corrected chi connectivity index (χ3v) is 0. The molecule has 0 spiro atoms. The minimum absolute atomic E-state index is 0. The van der Waals surface area contributed by atoms with Crippen LogP contribution in [0.1, 0.15) is 0 Å². The molecule has 0 aliphatic carbocycles. The first-order chi connectivity index (χ1) is 1.00. The largest absolute Gasteiger partial charge is 4.00 e. The Bertz CT molecular complexity index is 10.8. The number of rotatable bonds is 0. The van der Waals surface area contributed by atoms with Crippen molar-refractivity contribution < 1.29 is 37.1 Å². The summed E-state index contributed by atoms with van der Waals surface area (Å²) in [6, 6.07) is 0. The maximum atomic E-state index is 8.06. The van der Waals surface area contributed by atoms with Crippen molar-refractivity contribution in [3.63, 3.8) is 0 Å². The van der Waals surface area contributed by atoms with Gasteiger partial charge in [-0.15, -0.1) is 0 Å². The van der Waals surface area contributed by atoms with Gasteiger partial charge >= 0.3 is 53.7 Å². The van der Waals surface area contributed by atoms with E-state index in [2.05, 4.69) is 0 Å². The summed E-state index contributed by atoms with van der Waals surface area (Å²) in [7, 11) is 1.72. The van der Waals surface area contributed by atoms with Gasteiger partial charge in [-0.3, -0.25) is 0 Å². The van der Waals surface area contributed by atoms with Crippen LogP contribution < -0.4 is 0 Å². The molecule has 0 saturated heterocycles. The van der Waals surface area contributed by atoms with Crippen molar-refractivity contribution in [1.82, 2.24) is 0 Å². The zero-order valence-corrected chi connectivity index (χ0v) is 6.52. The monoisotopic (exact) mass is 151 g/mol. The molecule has 0 unspecified atom stereocenters. The van der Waals surface area contributed by atoms with Crippen molar-refractivity contribution in [1.29, 1.82) is 0 Å². The standard InChI is InChI=1S/Al.OSi.2O.Ti/c;1-2;;;/q+3;+2;2*-2;+4. The minimum atomic E-state index is 0. The first-order valence-electron chi connectivity index (χ1n) is 0.204. The van der Waals surface area contributed by atoms with Crippen molar-refractivity contribution in [2.24, 2.45) is 0 Å². The molecule has 0 bridgehead atoms. The fraction of sp³-hybridized carbons (Fsp3) is 0. The Morgan fingerprint density at radius 1 is 1.00 bits per heavy atom. The van der Waals surface area contributed by atoms with Gasteiger partial charge in [0.2, 0.25) is 0 Å². The fourth-order valence-electron chi connectivity index (χ4n) is 0. The summed E-state index contributed by atoms with van der Waals surface area (Å²) in [5, 5.41) is 0. The van der Waals surface area contributed by atoms with Gasteiger partial charge in [-0.2, -0.15) is 0 Å². The number of hydrogen-bond donors (Lipinski definition) is 0. The zero-order chi connectivity index (χ0) is 2.00. The summed E-state index contributed by atoms with van der Waals surface area (Å²) >= 11 is 0. The molecule has 0 aliphatic rings. The van der Waals surface area contributed by atoms with E-state index in [0.717, 1.165) is 0 Å². The molecule has 0 amide bonds. The van der Waals surface area contributed by atoms with Crippen molar-refractivity contribution >= 4 is 27.5 Å². The minimum Gasteiger partial charge on any atom is -2.00 e. The molecule has 0 aromatic carbocycles. The van der Waals surface area contributed by atoms with Crippen LogP contribution >= 0.6 is 0 Å². The summed E-state index contributed by atoms with van der Waals surface area (Å²) in [6.07, 6.45) is 0. The summed E-state index contributed by atoms with van der Waals surface area (Å²) in [5.41, 5.74) is 0. The average Bonchev–Trinajstić information content (AvgIpc) is 1.00. The molecule has 0 aliphatic heterocycles. The van der Waals surface area contributed by atoms with Crippen LogP contribution in [0.2, 0.25) is 0 Å². The van der Waals surface area contributed by atoms with Crippen LogP contribution in [0.25, 0.3) is 0 Å². The smallest absolute Gasteiger partial charge is 2.00 e. The molecule has 0 saturated carbocycles. The van der Waals surface area contributed by atoms with Gasteiger partial charge in [-0.25, -0.2) is 0 Å². The van der Waals surface area contributed by atoms with Crippen LogP contribution in [0.4, 0.5) is 0 Å². The predicted octanol–water partition coefficient (Wildman–Crippen LogP) is -1.12. The van der Waals surface area contributed by atoms with Crippen LogP contribution in [0.3, 0.4) is 0 Å². The Kier molecular flexibility index (Phi) is 1140. The maximum Gasteiger partial charge on any atom is 4.00 e. The third kappa shape index (κ3) is 64.8. The van der Waals surface area contributed by atoms with Crippen molar-refractivity contribution in [3.8, 4) is 0 Å². The van der Waals surface area contributed by atoms with E-state index in [0.29, 0.717) is 0 Å². The van der Waals surface area contributed by atoms with Crippen LogP contribution in [0, 0.1) is 0 Å². The van der Waals surface area contributed by atoms with Gasteiger partial charge in [0.15, 0.2) is 0 Å². The van der Waals surface area contributed by atoms with E-state index in [1.54, 1.807) is 10.1 Å². The molecule has 0 N–H and O–H groups in total. The zero-order valence-electron chi connectivity index (χ0n) is 2.80. The summed E-state index contributed by atoms with van der Waals surface area (Å²) < 4.78 is 8.06. The van der Waals surface area contributed by atoms with Crippen LogP contribution in [0.15, 0.2) is 0 Å². The summed E-state index contributed by atoms with van der Waals surface area (Å²) in [4.78, 5) is 0. The first-order valence-corrected chi connectivity index (χ1v) is 0.612. The molecule has 0 radical (unpaired) electrons. The van der Waals surface area contributed by atoms with E-state index in [-0.39, 0.29) is 50.0 Å². The Labute approximate surface area is 64.6 Å². The summed E-state index contributed by atoms with van der Waals surface area (Å²) in [5.74, 6) is 0. The molecule has 24 valence electrons. The molecule has 0 atom stereocenters. The van der Waals surface area contributed by atoms with Crippen molar-refractivity contribution in [2.75, 3.05) is 0 Å². The molecule has 0 heterocycles. The van der Waals surface area contributed by atoms with Crippen molar-refractivity contribution in [3.05, 3.63) is 0 Å². The van der Waals surface area contributed by atoms with Gasteiger partial charge < -0.3 is 11.0 Å². The average molecular weight is 151 g/mol. The Balaban J connectivity index is -0.000000000833. The molecular formula is AlO3SiTi+5. The van der Waals surface area contributed by atoms with E-state index in [9.17, 15) is 0 Å². The van der Waals surface area contributed by atoms with E-state index in [4.69, 9.17) is 4.46 Å². The van der Waals surface area contributed by atoms with E-state index in [1.807, 2.05) is 0 Å². The van der Waals surface area contributed by atoms with Crippen LogP contribution in [-0.4, -0.2) is 27.5 Å². The van der Waals surface area contributed by atoms with Gasteiger partial charge in [-0.1, -0.05) is 0 Å². The molecule has 0 fully saturated rings. The molecule has 0 rings (SSSR count). The van der Waals surface area contributed by atoms with Gasteiger partial charge in [0.05, 0.1) is 0 Å². The maximum absolute atomic E-state index is 8.06. The third-order valence-electron chi connectivity index (χ3n) is 0. The topological polar surface area (TPSA) is 74.1 Å². The van der Waals surface area contributed by atoms with Crippen LogP contribution in [0.5, 0.6) is 0 Å². The van der Waals surface area contributed by atoms with E-state index >= 15 is 0 Å². The second-order valence-corrected chi connectivity index (χ2v) is 0. The van der Waals surface area contributed by atoms with Crippen molar-refractivity contribution in [2.45, 2.75) is 0 Å². The molecular weight excluding hydrogens is 151 g/mol. The van der Waals surface area contributed by atoms with Gasteiger partial charge in [0.1, 0.15) is 0 Å². The van der Waals surface area contributed by atoms with Gasteiger partial charge in [-0.05, 0) is 0 Å². The molecule has 0 aromatic heterocycles. The molecule has 6 heteroatoms. The van der Waals surface area contributed by atoms with Gasteiger partial charge in [0, 0.05) is 0 Å². The Morgan fingerprint density at radius 2 is 1.00 bits per heavy atom. The second kappa shape index (κ2) is 119. The Morgan fingerprint density at radius 3 is 1.00 bits per heavy atom. The predicted molar refractivity (Wildman–Crippen MR) is 13.6 cm³/mol. The quantitative estimate of drug-likeness (QED) is 0.404. The van der Waals surface area contributed by atoms with E-state index < -0.39 is 0 Å². The molecule has 0 aromatic rings. The SMILES string of the molecule is O=[Si+2].[Al+3].[O-2].[O-2].[Ti+4]. The Hall–Kier alpha value is 1.18. The number of hydrogen-bond acceptors (Lipinski definition) is 1. The normalized spacial score (nSPS) is 1.00. The van der Waals surface area contributed by atoms with Gasteiger partial charge in [0.25, 0.3) is 0 Å². The first kappa shape index (κ1) is 57.6. The van der Waals surface area contributed by atoms with E-state index in [1.165, 1.54) is 0 Å². The summed E-state index contributed by atoms with van der Waals surface area (Å²) in [6.45, 7) is 0.